The van der Waals surface area contributed by atoms with Crippen LogP contribution in [0, 0.1) is 10.1 Å². The van der Waals surface area contributed by atoms with Crippen LogP contribution in [0.1, 0.15) is 28.2 Å². The van der Waals surface area contributed by atoms with Gasteiger partial charge in [-0.15, -0.1) is 0 Å². The fraction of sp³-hybridized carbons (Fsp3) is 0.0833. The van der Waals surface area contributed by atoms with Gasteiger partial charge in [0.1, 0.15) is 5.57 Å². The Morgan fingerprint density at radius 1 is 0.871 bits per heavy atom. The molecule has 0 saturated carbocycles. The first-order chi connectivity index (χ1) is 15.0. The quantitative estimate of drug-likeness (QED) is 0.348. The Labute approximate surface area is 181 Å². The van der Waals surface area contributed by atoms with Crippen molar-refractivity contribution in [3.05, 3.63) is 121 Å². The van der Waals surface area contributed by atoms with E-state index in [1.165, 1.54) is 6.07 Å². The zero-order valence-electron chi connectivity index (χ0n) is 15.9. The highest BCUT2D eigenvalue weighted by Crippen LogP contribution is 2.61. The number of carbonyl (C=O) groups excluding carboxylic acids is 2. The second-order valence-electron chi connectivity index (χ2n) is 7.79. The lowest BCUT2D eigenvalue weighted by atomic mass is 9.57. The van der Waals surface area contributed by atoms with Gasteiger partial charge in [0.2, 0.25) is 0 Å². The summed E-state index contributed by atoms with van der Waals surface area (Å²) in [5.41, 5.74) is 0.730. The first-order valence-electron chi connectivity index (χ1n) is 9.70. The molecule has 0 spiro atoms. The number of imide groups is 1. The van der Waals surface area contributed by atoms with Crippen LogP contribution in [-0.4, -0.2) is 16.7 Å². The Morgan fingerprint density at radius 3 is 2.06 bits per heavy atom. The molecule has 6 nitrogen and oxygen atoms in total. The maximum Gasteiger partial charge on any atom is 0.303 e. The summed E-state index contributed by atoms with van der Waals surface area (Å²) in [5.74, 6) is -1.75. The van der Waals surface area contributed by atoms with Crippen molar-refractivity contribution in [1.29, 1.82) is 0 Å². The summed E-state index contributed by atoms with van der Waals surface area (Å²) < 4.78 is 0. The molecule has 0 fully saturated rings. The Bertz CT molecular complexity index is 1350. The molecular formula is C24H13ClN2O4. The highest BCUT2D eigenvalue weighted by molar-refractivity contribution is 6.36. The Hall–Kier alpha value is -3.77. The normalized spacial score (nSPS) is 23.0. The van der Waals surface area contributed by atoms with Gasteiger partial charge in [0.15, 0.2) is 0 Å². The van der Waals surface area contributed by atoms with Crippen LogP contribution in [0.25, 0.3) is 0 Å². The fourth-order valence-electron chi connectivity index (χ4n) is 5.35. The number of hydrogen-bond acceptors (Lipinski definition) is 4. The summed E-state index contributed by atoms with van der Waals surface area (Å²) in [7, 11) is 0. The van der Waals surface area contributed by atoms with E-state index in [2.05, 4.69) is 0 Å². The van der Waals surface area contributed by atoms with Crippen LogP contribution in [-0.2, 0) is 15.1 Å². The molecule has 3 aromatic rings. The summed E-state index contributed by atoms with van der Waals surface area (Å²) >= 11 is 6.09. The molecular weight excluding hydrogens is 416 g/mol. The van der Waals surface area contributed by atoms with E-state index in [1.807, 2.05) is 0 Å². The number of anilines is 1. The van der Waals surface area contributed by atoms with Crippen molar-refractivity contribution in [1.82, 2.24) is 0 Å². The lowest BCUT2D eigenvalue weighted by Crippen LogP contribution is -2.49. The highest BCUT2D eigenvalue weighted by Gasteiger charge is 2.68. The number of rotatable bonds is 2. The second kappa shape index (κ2) is 5.89. The van der Waals surface area contributed by atoms with Gasteiger partial charge in [-0.05, 0) is 29.3 Å². The van der Waals surface area contributed by atoms with Gasteiger partial charge in [0.05, 0.1) is 5.69 Å². The highest BCUT2D eigenvalue weighted by atomic mass is 35.5. The minimum Gasteiger partial charge on any atom is -0.269 e. The molecule has 3 aromatic carbocycles. The van der Waals surface area contributed by atoms with Crippen LogP contribution in [0.4, 0.5) is 5.69 Å². The molecule has 0 atom stereocenters. The first kappa shape index (κ1) is 18.0. The lowest BCUT2D eigenvalue weighted by molar-refractivity contribution is -0.554. The summed E-state index contributed by atoms with van der Waals surface area (Å²) in [4.78, 5) is 40.7. The van der Waals surface area contributed by atoms with Gasteiger partial charge >= 0.3 is 5.54 Å². The second-order valence-corrected chi connectivity index (χ2v) is 8.23. The predicted molar refractivity (Wildman–Crippen MR) is 113 cm³/mol. The topological polar surface area (TPSA) is 80.5 Å². The molecule has 0 unspecified atom stereocenters. The molecule has 31 heavy (non-hydrogen) atoms. The van der Waals surface area contributed by atoms with Gasteiger partial charge in [0, 0.05) is 32.6 Å². The van der Waals surface area contributed by atoms with Crippen LogP contribution in [0.5, 0.6) is 0 Å². The van der Waals surface area contributed by atoms with Gasteiger partial charge in [-0.2, -0.15) is 0 Å². The number of carbonyl (C=O) groups is 2. The average Bonchev–Trinajstić information content (AvgIpc) is 3.04. The molecule has 0 N–H and O–H groups in total. The smallest absolute Gasteiger partial charge is 0.269 e. The summed E-state index contributed by atoms with van der Waals surface area (Å²) in [5, 5.41) is 13.2. The van der Waals surface area contributed by atoms with E-state index in [-0.39, 0.29) is 11.1 Å². The van der Waals surface area contributed by atoms with E-state index in [0.717, 1.165) is 4.90 Å². The number of nitrogens with zero attached hydrogens (tertiary/aromatic N) is 2. The number of nitro groups is 1. The fourth-order valence-corrected chi connectivity index (χ4v) is 5.54. The molecule has 4 aliphatic rings. The van der Waals surface area contributed by atoms with Crippen molar-refractivity contribution in [2.24, 2.45) is 0 Å². The van der Waals surface area contributed by atoms with Gasteiger partial charge in [-0.1, -0.05) is 66.2 Å². The molecule has 0 saturated heterocycles. The van der Waals surface area contributed by atoms with Crippen molar-refractivity contribution in [2.45, 2.75) is 11.5 Å². The molecule has 7 heteroatoms. The number of halogens is 1. The van der Waals surface area contributed by atoms with Crippen LogP contribution >= 0.6 is 11.6 Å². The molecule has 0 radical (unpaired) electrons. The number of amides is 2. The Balaban J connectivity index is 1.70. The maximum atomic E-state index is 13.7. The van der Waals surface area contributed by atoms with Gasteiger partial charge < -0.3 is 0 Å². The number of benzene rings is 3. The van der Waals surface area contributed by atoms with E-state index in [1.54, 1.807) is 66.7 Å². The van der Waals surface area contributed by atoms with Crippen LogP contribution in [0.2, 0.25) is 5.02 Å². The van der Waals surface area contributed by atoms with Crippen LogP contribution in [0.3, 0.4) is 0 Å². The molecule has 0 aromatic heterocycles. The minimum atomic E-state index is -1.93. The molecule has 2 amide bonds. The van der Waals surface area contributed by atoms with E-state index in [9.17, 15) is 19.7 Å². The standard InChI is InChI=1S/C24H13ClN2O4/c25-13-6-5-7-14(12-13)26-22(28)20-19-15-8-1-3-10-17(15)24(27(30)31,21(20)23(26)29)18-11-4-2-9-16(18)19/h1-12,19H. The Kier molecular flexibility index (Phi) is 3.43. The largest absolute Gasteiger partial charge is 0.303 e. The van der Waals surface area contributed by atoms with Gasteiger partial charge in [-0.3, -0.25) is 19.7 Å². The Morgan fingerprint density at radius 2 is 1.48 bits per heavy atom. The van der Waals surface area contributed by atoms with Crippen molar-refractivity contribution in [3.63, 3.8) is 0 Å². The zero-order valence-corrected chi connectivity index (χ0v) is 16.7. The van der Waals surface area contributed by atoms with E-state index < -0.39 is 28.2 Å². The molecule has 3 aliphatic carbocycles. The van der Waals surface area contributed by atoms with E-state index in [0.29, 0.717) is 33.0 Å². The van der Waals surface area contributed by atoms with Crippen molar-refractivity contribution < 1.29 is 14.5 Å². The first-order valence-corrected chi connectivity index (χ1v) is 10.1. The third-order valence-corrected chi connectivity index (χ3v) is 6.67. The molecule has 7 rings (SSSR count). The summed E-state index contributed by atoms with van der Waals surface area (Å²) in [6, 6.07) is 20.4. The summed E-state index contributed by atoms with van der Waals surface area (Å²) in [6.45, 7) is 0. The third kappa shape index (κ3) is 1.98. The lowest BCUT2D eigenvalue weighted by Gasteiger charge is -2.42. The van der Waals surface area contributed by atoms with Crippen molar-refractivity contribution >= 4 is 29.1 Å². The average molecular weight is 429 g/mol. The van der Waals surface area contributed by atoms with E-state index >= 15 is 0 Å². The maximum absolute atomic E-state index is 13.7. The predicted octanol–water partition coefficient (Wildman–Crippen LogP) is 4.19. The summed E-state index contributed by atoms with van der Waals surface area (Å²) in [6.07, 6.45) is 0. The molecule has 2 bridgehead atoms. The zero-order chi connectivity index (χ0) is 21.5. The third-order valence-electron chi connectivity index (χ3n) is 6.43. The van der Waals surface area contributed by atoms with Crippen molar-refractivity contribution in [2.75, 3.05) is 4.90 Å². The molecule has 1 aliphatic heterocycles. The molecule has 150 valence electrons. The van der Waals surface area contributed by atoms with Crippen LogP contribution in [0.15, 0.2) is 83.9 Å². The van der Waals surface area contributed by atoms with Gasteiger partial charge in [0.25, 0.3) is 11.8 Å². The van der Waals surface area contributed by atoms with Crippen LogP contribution < -0.4 is 4.90 Å². The van der Waals surface area contributed by atoms with Gasteiger partial charge in [-0.25, -0.2) is 4.90 Å². The number of hydrogen-bond donors (Lipinski definition) is 0. The van der Waals surface area contributed by atoms with E-state index in [4.69, 9.17) is 11.6 Å². The monoisotopic (exact) mass is 428 g/mol. The SMILES string of the molecule is O=C1C2=C(C(=O)N1c1cccc(Cl)c1)C1([N+](=O)[O-])c3ccccc3C2c2ccccc21. The van der Waals surface area contributed by atoms with Crippen molar-refractivity contribution in [3.8, 4) is 0 Å². The molecule has 1 heterocycles. The minimum absolute atomic E-state index is 0.0649.